The molecule has 0 aliphatic rings. The van der Waals surface area contributed by atoms with Crippen LogP contribution in [0.1, 0.15) is 22.0 Å². The third-order valence-electron chi connectivity index (χ3n) is 2.55. The van der Waals surface area contributed by atoms with Gasteiger partial charge in [-0.25, -0.2) is 4.79 Å². The first-order valence-electron chi connectivity index (χ1n) is 5.24. The molecule has 2 aromatic heterocycles. The van der Waals surface area contributed by atoms with Crippen molar-refractivity contribution in [2.24, 2.45) is 7.05 Å². The first-order chi connectivity index (χ1) is 8.59. The van der Waals surface area contributed by atoms with Gasteiger partial charge < -0.3 is 14.4 Å². The van der Waals surface area contributed by atoms with Crippen LogP contribution in [0, 0.1) is 6.92 Å². The van der Waals surface area contributed by atoms with E-state index >= 15 is 0 Å². The summed E-state index contributed by atoms with van der Waals surface area (Å²) in [6.07, 6.45) is 2.77. The maximum absolute atomic E-state index is 11.0. The molecule has 7 heteroatoms. The molecule has 18 heavy (non-hydrogen) atoms. The van der Waals surface area contributed by atoms with Crippen LogP contribution in [-0.2, 0) is 13.7 Å². The summed E-state index contributed by atoms with van der Waals surface area (Å²) < 4.78 is 7.19. The molecular weight excluding hydrogens is 236 g/mol. The Bertz CT molecular complexity index is 579. The number of hydrogen-bond acceptors (Lipinski definition) is 5. The lowest BCUT2D eigenvalue weighted by molar-refractivity contribution is 0.0691. The number of pyridine rings is 1. The monoisotopic (exact) mass is 248 g/mol. The van der Waals surface area contributed by atoms with Gasteiger partial charge in [-0.15, -0.1) is 10.2 Å². The summed E-state index contributed by atoms with van der Waals surface area (Å²) in [5.74, 6) is 0.540. The van der Waals surface area contributed by atoms with E-state index in [1.54, 1.807) is 4.57 Å². The molecule has 2 rings (SSSR count). The highest BCUT2D eigenvalue weighted by Crippen LogP contribution is 2.17. The minimum absolute atomic E-state index is 0.0730. The molecule has 0 saturated carbocycles. The maximum atomic E-state index is 11.0. The molecule has 94 valence electrons. The van der Waals surface area contributed by atoms with Gasteiger partial charge in [-0.3, -0.25) is 4.98 Å². The fourth-order valence-corrected chi connectivity index (χ4v) is 1.39. The molecule has 1 N–H and O–H groups in total. The summed E-state index contributed by atoms with van der Waals surface area (Å²) in [4.78, 5) is 14.8. The Balaban J connectivity index is 2.16. The number of aromatic carboxylic acids is 1. The number of rotatable bonds is 4. The van der Waals surface area contributed by atoms with Gasteiger partial charge in [0.15, 0.2) is 11.6 Å². The van der Waals surface area contributed by atoms with Gasteiger partial charge in [0.1, 0.15) is 18.0 Å². The van der Waals surface area contributed by atoms with Gasteiger partial charge in [0, 0.05) is 13.2 Å². The highest BCUT2D eigenvalue weighted by Gasteiger charge is 2.12. The fraction of sp³-hybridized carbons (Fsp3) is 0.273. The summed E-state index contributed by atoms with van der Waals surface area (Å²) >= 11 is 0. The summed E-state index contributed by atoms with van der Waals surface area (Å²) in [6, 6.07) is 1.39. The van der Waals surface area contributed by atoms with E-state index in [1.807, 2.05) is 14.0 Å². The van der Waals surface area contributed by atoms with Crippen molar-refractivity contribution in [2.45, 2.75) is 13.5 Å². The highest BCUT2D eigenvalue weighted by atomic mass is 16.5. The highest BCUT2D eigenvalue weighted by molar-refractivity contribution is 5.90. The van der Waals surface area contributed by atoms with Crippen LogP contribution in [0.15, 0.2) is 18.5 Å². The summed E-state index contributed by atoms with van der Waals surface area (Å²) in [7, 11) is 1.81. The van der Waals surface area contributed by atoms with Crippen LogP contribution in [0.5, 0.6) is 5.75 Å². The second-order valence-electron chi connectivity index (χ2n) is 3.69. The van der Waals surface area contributed by atoms with Gasteiger partial charge in [-0.2, -0.15) is 0 Å². The quantitative estimate of drug-likeness (QED) is 0.860. The van der Waals surface area contributed by atoms with Crippen LogP contribution in [0.4, 0.5) is 0 Å². The van der Waals surface area contributed by atoms with E-state index in [0.29, 0.717) is 5.82 Å². The Labute approximate surface area is 103 Å². The Morgan fingerprint density at radius 1 is 1.50 bits per heavy atom. The van der Waals surface area contributed by atoms with E-state index in [1.165, 1.54) is 18.5 Å². The van der Waals surface area contributed by atoms with Crippen molar-refractivity contribution >= 4 is 5.97 Å². The lowest BCUT2D eigenvalue weighted by Gasteiger charge is -2.07. The number of carboxylic acids is 1. The summed E-state index contributed by atoms with van der Waals surface area (Å²) in [5.41, 5.74) is 0.0730. The van der Waals surface area contributed by atoms with Gasteiger partial charge in [0.05, 0.1) is 6.20 Å². The number of hydrogen-bond donors (Lipinski definition) is 1. The summed E-state index contributed by atoms with van der Waals surface area (Å²) in [5, 5.41) is 16.8. The molecule has 0 radical (unpaired) electrons. The standard InChI is InChI=1S/C11H12N4O3/c1-7-13-14-10(15(7)2)6-18-9-5-12-4-3-8(9)11(16)17/h3-5H,6H2,1-2H3,(H,16,17). The average Bonchev–Trinajstić information content (AvgIpc) is 2.68. The zero-order valence-electron chi connectivity index (χ0n) is 9.99. The SMILES string of the molecule is Cc1nnc(COc2cnccc2C(=O)O)n1C. The predicted molar refractivity (Wildman–Crippen MR) is 61.3 cm³/mol. The predicted octanol–water partition coefficient (Wildman–Crippen LogP) is 0.796. The minimum atomic E-state index is -1.05. The van der Waals surface area contributed by atoms with Crippen LogP contribution in [-0.4, -0.2) is 30.8 Å². The molecule has 0 amide bonds. The van der Waals surface area contributed by atoms with Crippen molar-refractivity contribution in [3.63, 3.8) is 0 Å². The molecule has 7 nitrogen and oxygen atoms in total. The lowest BCUT2D eigenvalue weighted by Crippen LogP contribution is -2.07. The number of carbonyl (C=O) groups is 1. The number of aromatic nitrogens is 4. The third kappa shape index (κ3) is 2.29. The van der Waals surface area contributed by atoms with Crippen molar-refractivity contribution < 1.29 is 14.6 Å². The van der Waals surface area contributed by atoms with Crippen LogP contribution in [0.25, 0.3) is 0 Å². The van der Waals surface area contributed by atoms with Crippen molar-refractivity contribution in [2.75, 3.05) is 0 Å². The summed E-state index contributed by atoms with van der Waals surface area (Å²) in [6.45, 7) is 1.96. The largest absolute Gasteiger partial charge is 0.483 e. The average molecular weight is 248 g/mol. The fourth-order valence-electron chi connectivity index (χ4n) is 1.39. The Hall–Kier alpha value is -2.44. The van der Waals surface area contributed by atoms with E-state index < -0.39 is 5.97 Å². The first kappa shape index (κ1) is 12.0. The smallest absolute Gasteiger partial charge is 0.339 e. The molecule has 0 saturated heterocycles. The van der Waals surface area contributed by atoms with Gasteiger partial charge in [-0.1, -0.05) is 0 Å². The van der Waals surface area contributed by atoms with Gasteiger partial charge in [-0.05, 0) is 13.0 Å². The normalized spacial score (nSPS) is 10.3. The number of carboxylic acid groups (broad SMARTS) is 1. The second kappa shape index (κ2) is 4.82. The van der Waals surface area contributed by atoms with Gasteiger partial charge in [0.2, 0.25) is 0 Å². The van der Waals surface area contributed by atoms with E-state index in [2.05, 4.69) is 15.2 Å². The van der Waals surface area contributed by atoms with E-state index in [-0.39, 0.29) is 17.9 Å². The molecule has 0 bridgehead atoms. The first-order valence-corrected chi connectivity index (χ1v) is 5.24. The van der Waals surface area contributed by atoms with Crippen molar-refractivity contribution in [3.05, 3.63) is 35.7 Å². The van der Waals surface area contributed by atoms with Crippen LogP contribution >= 0.6 is 0 Å². The molecular formula is C11H12N4O3. The Morgan fingerprint density at radius 3 is 2.89 bits per heavy atom. The molecule has 0 fully saturated rings. The zero-order chi connectivity index (χ0) is 13.1. The molecule has 2 aromatic rings. The molecule has 0 aromatic carbocycles. The number of ether oxygens (including phenoxy) is 1. The number of aryl methyl sites for hydroxylation is 1. The second-order valence-corrected chi connectivity index (χ2v) is 3.69. The maximum Gasteiger partial charge on any atom is 0.339 e. The molecule has 0 aliphatic carbocycles. The Morgan fingerprint density at radius 2 is 2.28 bits per heavy atom. The molecule has 0 spiro atoms. The van der Waals surface area contributed by atoms with E-state index in [9.17, 15) is 4.79 Å². The van der Waals surface area contributed by atoms with E-state index in [0.717, 1.165) is 5.82 Å². The lowest BCUT2D eigenvalue weighted by atomic mass is 10.2. The molecule has 0 aliphatic heterocycles. The van der Waals surface area contributed by atoms with Gasteiger partial charge in [0.25, 0.3) is 0 Å². The topological polar surface area (TPSA) is 90.1 Å². The van der Waals surface area contributed by atoms with Crippen LogP contribution in [0.3, 0.4) is 0 Å². The van der Waals surface area contributed by atoms with Gasteiger partial charge >= 0.3 is 5.97 Å². The molecule has 0 unspecified atom stereocenters. The minimum Gasteiger partial charge on any atom is -0.483 e. The van der Waals surface area contributed by atoms with E-state index in [4.69, 9.17) is 9.84 Å². The molecule has 0 atom stereocenters. The third-order valence-corrected chi connectivity index (χ3v) is 2.55. The van der Waals surface area contributed by atoms with Crippen molar-refractivity contribution in [1.29, 1.82) is 0 Å². The van der Waals surface area contributed by atoms with Crippen molar-refractivity contribution in [1.82, 2.24) is 19.7 Å². The zero-order valence-corrected chi connectivity index (χ0v) is 9.99. The number of nitrogens with zero attached hydrogens (tertiary/aromatic N) is 4. The van der Waals surface area contributed by atoms with Crippen LogP contribution in [0.2, 0.25) is 0 Å². The Kier molecular flexibility index (Phi) is 3.22. The van der Waals surface area contributed by atoms with Crippen LogP contribution < -0.4 is 4.74 Å². The molecule has 2 heterocycles. The van der Waals surface area contributed by atoms with Crippen molar-refractivity contribution in [3.8, 4) is 5.75 Å².